The van der Waals surface area contributed by atoms with Crippen LogP contribution in [-0.2, 0) is 0 Å². The highest BCUT2D eigenvalue weighted by Crippen LogP contribution is 2.28. The number of hydrogen-bond acceptors (Lipinski definition) is 3. The van der Waals surface area contributed by atoms with Gasteiger partial charge in [0.05, 0.1) is 7.11 Å². The van der Waals surface area contributed by atoms with Crippen molar-refractivity contribution in [1.82, 2.24) is 5.32 Å². The molecule has 2 N–H and O–H groups in total. The van der Waals surface area contributed by atoms with Crippen molar-refractivity contribution in [3.05, 3.63) is 23.8 Å². The highest BCUT2D eigenvalue weighted by molar-refractivity contribution is 5.41. The number of hydrogen-bond donors (Lipinski definition) is 2. The molecule has 17 heavy (non-hydrogen) atoms. The molecule has 0 aromatic heterocycles. The topological polar surface area (TPSA) is 41.5 Å². The smallest absolute Gasteiger partial charge is 0.120 e. The lowest BCUT2D eigenvalue weighted by atomic mass is 10.0. The van der Waals surface area contributed by atoms with Crippen molar-refractivity contribution < 1.29 is 9.84 Å². The van der Waals surface area contributed by atoms with E-state index in [1.165, 1.54) is 0 Å². The first-order valence-electron chi connectivity index (χ1n) is 6.25. The molecule has 0 saturated heterocycles. The van der Waals surface area contributed by atoms with Crippen LogP contribution in [0.25, 0.3) is 0 Å². The van der Waals surface area contributed by atoms with E-state index in [4.69, 9.17) is 4.74 Å². The quantitative estimate of drug-likeness (QED) is 0.798. The predicted molar refractivity (Wildman–Crippen MR) is 70.6 cm³/mol. The summed E-state index contributed by atoms with van der Waals surface area (Å²) in [4.78, 5) is 0. The molecule has 96 valence electrons. The van der Waals surface area contributed by atoms with Crippen LogP contribution < -0.4 is 10.1 Å². The van der Waals surface area contributed by atoms with Crippen molar-refractivity contribution >= 4 is 0 Å². The van der Waals surface area contributed by atoms with Crippen molar-refractivity contribution in [1.29, 1.82) is 0 Å². The highest BCUT2D eigenvalue weighted by Gasteiger charge is 2.14. The molecule has 0 radical (unpaired) electrons. The standard InChI is InChI=1S/C14H23NO2/c1-5-11(6-2)15-10(3)13-9-12(17-4)7-8-14(13)16/h7-11,15-16H,5-6H2,1-4H3. The number of nitrogens with one attached hydrogen (secondary N) is 1. The second-order valence-electron chi connectivity index (χ2n) is 4.33. The third kappa shape index (κ3) is 3.63. The third-order valence-corrected chi connectivity index (χ3v) is 3.17. The minimum atomic E-state index is 0.120. The Kier molecular flexibility index (Phi) is 5.29. The zero-order valence-corrected chi connectivity index (χ0v) is 11.2. The second-order valence-corrected chi connectivity index (χ2v) is 4.33. The Bertz CT molecular complexity index is 348. The van der Waals surface area contributed by atoms with E-state index in [1.807, 2.05) is 6.07 Å². The van der Waals surface area contributed by atoms with Crippen LogP contribution in [0.15, 0.2) is 18.2 Å². The minimum Gasteiger partial charge on any atom is -0.508 e. The predicted octanol–water partition coefficient (Wildman–Crippen LogP) is 3.24. The fraction of sp³-hybridized carbons (Fsp3) is 0.571. The number of rotatable bonds is 6. The molecule has 0 spiro atoms. The van der Waals surface area contributed by atoms with Crippen molar-refractivity contribution in [2.45, 2.75) is 45.7 Å². The van der Waals surface area contributed by atoms with Gasteiger partial charge >= 0.3 is 0 Å². The van der Waals surface area contributed by atoms with Gasteiger partial charge in [0.1, 0.15) is 11.5 Å². The van der Waals surface area contributed by atoms with Gasteiger partial charge in [-0.2, -0.15) is 0 Å². The number of phenolic OH excluding ortho intramolecular Hbond substituents is 1. The lowest BCUT2D eigenvalue weighted by molar-refractivity contribution is 0.396. The van der Waals surface area contributed by atoms with Crippen LogP contribution in [0.2, 0.25) is 0 Å². The van der Waals surface area contributed by atoms with Gasteiger partial charge in [-0.1, -0.05) is 13.8 Å². The van der Waals surface area contributed by atoms with Crippen LogP contribution >= 0.6 is 0 Å². The van der Waals surface area contributed by atoms with E-state index in [0.717, 1.165) is 24.2 Å². The third-order valence-electron chi connectivity index (χ3n) is 3.17. The van der Waals surface area contributed by atoms with Crippen molar-refractivity contribution in [2.24, 2.45) is 0 Å². The maximum Gasteiger partial charge on any atom is 0.120 e. The van der Waals surface area contributed by atoms with Gasteiger partial charge < -0.3 is 15.2 Å². The molecular weight excluding hydrogens is 214 g/mol. The lowest BCUT2D eigenvalue weighted by Gasteiger charge is -2.22. The summed E-state index contributed by atoms with van der Waals surface area (Å²) in [6, 6.07) is 5.93. The lowest BCUT2D eigenvalue weighted by Crippen LogP contribution is -2.30. The van der Waals surface area contributed by atoms with E-state index in [9.17, 15) is 5.11 Å². The molecule has 0 heterocycles. The molecule has 1 unspecified atom stereocenters. The number of phenols is 1. The zero-order valence-electron chi connectivity index (χ0n) is 11.2. The first kappa shape index (κ1) is 13.8. The maximum absolute atomic E-state index is 9.86. The van der Waals surface area contributed by atoms with Crippen LogP contribution in [0.4, 0.5) is 0 Å². The average molecular weight is 237 g/mol. The van der Waals surface area contributed by atoms with Gasteiger partial charge in [-0.25, -0.2) is 0 Å². The minimum absolute atomic E-state index is 0.120. The maximum atomic E-state index is 9.86. The number of ether oxygens (including phenoxy) is 1. The van der Waals surface area contributed by atoms with Gasteiger partial charge in [-0.3, -0.25) is 0 Å². The molecule has 3 nitrogen and oxygen atoms in total. The molecule has 3 heteroatoms. The van der Waals surface area contributed by atoms with E-state index < -0.39 is 0 Å². The summed E-state index contributed by atoms with van der Waals surface area (Å²) in [5, 5.41) is 13.4. The van der Waals surface area contributed by atoms with Crippen LogP contribution in [0.1, 0.15) is 45.2 Å². The van der Waals surface area contributed by atoms with Gasteiger partial charge in [0, 0.05) is 17.6 Å². The number of benzene rings is 1. The van der Waals surface area contributed by atoms with E-state index in [2.05, 4.69) is 26.1 Å². The van der Waals surface area contributed by atoms with Crippen LogP contribution in [0.5, 0.6) is 11.5 Å². The van der Waals surface area contributed by atoms with Gasteiger partial charge in [0.2, 0.25) is 0 Å². The first-order chi connectivity index (χ1) is 8.12. The van der Waals surface area contributed by atoms with Crippen LogP contribution in [0.3, 0.4) is 0 Å². The molecule has 1 rings (SSSR count). The van der Waals surface area contributed by atoms with E-state index >= 15 is 0 Å². The second kappa shape index (κ2) is 6.50. The molecule has 1 aromatic rings. The van der Waals surface area contributed by atoms with Crippen molar-refractivity contribution in [2.75, 3.05) is 7.11 Å². The Morgan fingerprint density at radius 2 is 1.94 bits per heavy atom. The Balaban J connectivity index is 2.83. The Hall–Kier alpha value is -1.22. The van der Waals surface area contributed by atoms with E-state index in [-0.39, 0.29) is 6.04 Å². The van der Waals surface area contributed by atoms with E-state index in [1.54, 1.807) is 19.2 Å². The fourth-order valence-electron chi connectivity index (χ4n) is 1.97. The van der Waals surface area contributed by atoms with Crippen molar-refractivity contribution in [3.8, 4) is 11.5 Å². The average Bonchev–Trinajstić information content (AvgIpc) is 2.36. The molecule has 0 aliphatic carbocycles. The largest absolute Gasteiger partial charge is 0.508 e. The SMILES string of the molecule is CCC(CC)NC(C)c1cc(OC)ccc1O. The molecule has 0 bridgehead atoms. The molecule has 0 aliphatic rings. The summed E-state index contributed by atoms with van der Waals surface area (Å²) in [5.74, 6) is 1.09. The summed E-state index contributed by atoms with van der Waals surface area (Å²) in [6.45, 7) is 6.39. The van der Waals surface area contributed by atoms with Crippen LogP contribution in [-0.4, -0.2) is 18.3 Å². The molecule has 1 atom stereocenters. The normalized spacial score (nSPS) is 12.8. The van der Waals surface area contributed by atoms with Gasteiger partial charge in [-0.05, 0) is 38.0 Å². The Labute approximate surface area is 104 Å². The molecule has 0 saturated carbocycles. The Morgan fingerprint density at radius 1 is 1.29 bits per heavy atom. The number of aromatic hydroxyl groups is 1. The zero-order chi connectivity index (χ0) is 12.8. The molecule has 0 amide bonds. The summed E-state index contributed by atoms with van der Waals surface area (Å²) in [6.07, 6.45) is 2.18. The number of methoxy groups -OCH3 is 1. The summed E-state index contributed by atoms with van der Waals surface area (Å²) < 4.78 is 5.18. The molecular formula is C14H23NO2. The Morgan fingerprint density at radius 3 is 2.47 bits per heavy atom. The van der Waals surface area contributed by atoms with E-state index in [0.29, 0.717) is 11.8 Å². The summed E-state index contributed by atoms with van der Waals surface area (Å²) in [5.41, 5.74) is 0.885. The summed E-state index contributed by atoms with van der Waals surface area (Å²) >= 11 is 0. The molecule has 0 aliphatic heterocycles. The first-order valence-corrected chi connectivity index (χ1v) is 6.25. The molecule has 1 aromatic carbocycles. The van der Waals surface area contributed by atoms with Gasteiger partial charge in [-0.15, -0.1) is 0 Å². The fourth-order valence-corrected chi connectivity index (χ4v) is 1.97. The highest BCUT2D eigenvalue weighted by atomic mass is 16.5. The van der Waals surface area contributed by atoms with Gasteiger partial charge in [0.15, 0.2) is 0 Å². The van der Waals surface area contributed by atoms with Crippen molar-refractivity contribution in [3.63, 3.8) is 0 Å². The monoisotopic (exact) mass is 237 g/mol. The summed E-state index contributed by atoms with van der Waals surface area (Å²) in [7, 11) is 1.63. The van der Waals surface area contributed by atoms with Crippen LogP contribution in [0, 0.1) is 0 Å². The molecule has 0 fully saturated rings. The van der Waals surface area contributed by atoms with Gasteiger partial charge in [0.25, 0.3) is 0 Å².